The summed E-state index contributed by atoms with van der Waals surface area (Å²) in [6.45, 7) is 3.97. The molecule has 0 saturated carbocycles. The van der Waals surface area contributed by atoms with Crippen molar-refractivity contribution in [3.8, 4) is 5.69 Å². The fraction of sp³-hybridized carbons (Fsp3) is 0.154. The molecule has 0 N–H and O–H groups in total. The second kappa shape index (κ2) is 5.54. The number of rotatable bonds is 2. The molecule has 0 radical (unpaired) electrons. The van der Waals surface area contributed by atoms with Crippen LogP contribution in [0.4, 0.5) is 0 Å². The number of carbonyl (C=O) groups excluding carboxylic acids is 1. The van der Waals surface area contributed by atoms with Crippen LogP contribution in [0.3, 0.4) is 0 Å². The zero-order valence-corrected chi connectivity index (χ0v) is 12.2. The summed E-state index contributed by atoms with van der Waals surface area (Å²) in [7, 11) is 0. The van der Waals surface area contributed by atoms with Crippen molar-refractivity contribution >= 4 is 5.97 Å². The second-order valence-corrected chi connectivity index (χ2v) is 3.79. The van der Waals surface area contributed by atoms with Crippen molar-refractivity contribution in [2.24, 2.45) is 0 Å². The van der Waals surface area contributed by atoms with E-state index in [0.29, 0.717) is 0 Å². The molecule has 1 aromatic heterocycles. The Morgan fingerprint density at radius 3 is 2.24 bits per heavy atom. The summed E-state index contributed by atoms with van der Waals surface area (Å²) in [5, 5.41) is 10.8. The number of aromatic carboxylic acids is 1. The first-order valence-electron chi connectivity index (χ1n) is 5.06. The Morgan fingerprint density at radius 1 is 1.12 bits per heavy atom. The van der Waals surface area contributed by atoms with Crippen molar-refractivity contribution in [2.45, 2.75) is 13.8 Å². The molecule has 0 fully saturated rings. The van der Waals surface area contributed by atoms with Crippen LogP contribution in [0.15, 0.2) is 36.4 Å². The molecular weight excluding hydrogens is 225 g/mol. The third-order valence-corrected chi connectivity index (χ3v) is 2.61. The van der Waals surface area contributed by atoms with Crippen LogP contribution < -0.4 is 34.7 Å². The molecule has 0 bridgehead atoms. The smallest absolute Gasteiger partial charge is 0.545 e. The van der Waals surface area contributed by atoms with Gasteiger partial charge in [0.15, 0.2) is 0 Å². The van der Waals surface area contributed by atoms with E-state index in [1.54, 1.807) is 12.1 Å². The maximum Gasteiger partial charge on any atom is 1.00 e. The molecule has 4 heteroatoms. The number of nitrogens with zero attached hydrogens (tertiary/aromatic N) is 1. The molecule has 3 nitrogen and oxygen atoms in total. The Bertz CT molecular complexity index is 527. The first kappa shape index (κ1) is 14.0. The predicted octanol–water partition coefficient (Wildman–Crippen LogP) is -1.54. The zero-order valence-electron chi connectivity index (χ0n) is 10.2. The zero-order chi connectivity index (χ0) is 11.7. The minimum absolute atomic E-state index is 0. The van der Waals surface area contributed by atoms with Crippen LogP contribution in [0.1, 0.15) is 21.7 Å². The number of carboxylic acids is 1. The van der Waals surface area contributed by atoms with Crippen LogP contribution in [-0.2, 0) is 0 Å². The van der Waals surface area contributed by atoms with E-state index in [1.807, 2.05) is 36.6 Å². The fourth-order valence-electron chi connectivity index (χ4n) is 1.85. The van der Waals surface area contributed by atoms with Gasteiger partial charge in [-0.05, 0) is 43.7 Å². The summed E-state index contributed by atoms with van der Waals surface area (Å²) in [5.74, 6) is -1.15. The van der Waals surface area contributed by atoms with Crippen molar-refractivity contribution in [2.75, 3.05) is 0 Å². The Labute approximate surface area is 122 Å². The first-order valence-corrected chi connectivity index (χ1v) is 5.06. The van der Waals surface area contributed by atoms with E-state index in [-0.39, 0.29) is 35.1 Å². The molecule has 0 aliphatic carbocycles. The first-order chi connectivity index (χ1) is 7.59. The van der Waals surface area contributed by atoms with Crippen LogP contribution in [0, 0.1) is 13.8 Å². The summed E-state index contributed by atoms with van der Waals surface area (Å²) >= 11 is 0. The topological polar surface area (TPSA) is 45.1 Å². The van der Waals surface area contributed by atoms with E-state index in [4.69, 9.17) is 0 Å². The van der Waals surface area contributed by atoms with Gasteiger partial charge < -0.3 is 14.5 Å². The van der Waals surface area contributed by atoms with Crippen molar-refractivity contribution < 1.29 is 39.5 Å². The van der Waals surface area contributed by atoms with E-state index in [0.717, 1.165) is 17.1 Å². The van der Waals surface area contributed by atoms with Crippen LogP contribution in [0.5, 0.6) is 0 Å². The normalized spacial score (nSPS) is 9.76. The molecule has 0 unspecified atom stereocenters. The van der Waals surface area contributed by atoms with Crippen molar-refractivity contribution in [3.05, 3.63) is 53.3 Å². The molecule has 2 rings (SSSR count). The minimum atomic E-state index is -1.15. The summed E-state index contributed by atoms with van der Waals surface area (Å²) in [4.78, 5) is 10.8. The molecule has 1 aromatic carbocycles. The molecule has 0 saturated heterocycles. The molecule has 2 aromatic rings. The summed E-state index contributed by atoms with van der Waals surface area (Å²) < 4.78 is 2.01. The van der Waals surface area contributed by atoms with Crippen LogP contribution in [-0.4, -0.2) is 10.5 Å². The van der Waals surface area contributed by atoms with Gasteiger partial charge in [-0.15, -0.1) is 0 Å². The van der Waals surface area contributed by atoms with Gasteiger partial charge in [0, 0.05) is 17.1 Å². The number of hydrogen-bond acceptors (Lipinski definition) is 2. The van der Waals surface area contributed by atoms with E-state index in [9.17, 15) is 9.90 Å². The van der Waals surface area contributed by atoms with Gasteiger partial charge in [0.25, 0.3) is 0 Å². The average Bonchev–Trinajstić information content (AvgIpc) is 2.59. The summed E-state index contributed by atoms with van der Waals surface area (Å²) in [6, 6.07) is 10.8. The molecule has 0 amide bonds. The van der Waals surface area contributed by atoms with Crippen LogP contribution >= 0.6 is 0 Å². The summed E-state index contributed by atoms with van der Waals surface area (Å²) in [6.07, 6.45) is 0. The van der Waals surface area contributed by atoms with E-state index >= 15 is 0 Å². The number of hydrogen-bond donors (Lipinski definition) is 0. The molecule has 0 aliphatic heterocycles. The number of aryl methyl sites for hydroxylation is 2. The third-order valence-electron chi connectivity index (χ3n) is 2.61. The minimum Gasteiger partial charge on any atom is -0.545 e. The van der Waals surface area contributed by atoms with Gasteiger partial charge >= 0.3 is 29.6 Å². The number of aromatic nitrogens is 1. The maximum atomic E-state index is 10.8. The summed E-state index contributed by atoms with van der Waals surface area (Å²) in [5.41, 5.74) is 3.20. The molecular formula is C13H12NNaO2. The van der Waals surface area contributed by atoms with Crippen molar-refractivity contribution in [1.82, 2.24) is 4.57 Å². The van der Waals surface area contributed by atoms with Crippen LogP contribution in [0.25, 0.3) is 5.69 Å². The Hall–Kier alpha value is -1.03. The standard InChI is InChI=1S/C13H13NO2.Na/c1-9-6-7-10(2)14(9)12-5-3-4-11(8-12)13(15)16;/h3-8H,1-2H3,(H,15,16);/q;+1/p-1. The van der Waals surface area contributed by atoms with E-state index < -0.39 is 5.97 Å². The SMILES string of the molecule is Cc1ccc(C)n1-c1cccc(C(=O)[O-])c1.[Na+]. The number of carboxylic acid groups (broad SMARTS) is 1. The largest absolute Gasteiger partial charge is 1.00 e. The fourth-order valence-corrected chi connectivity index (χ4v) is 1.85. The van der Waals surface area contributed by atoms with Gasteiger partial charge in [-0.25, -0.2) is 0 Å². The Morgan fingerprint density at radius 2 is 1.71 bits per heavy atom. The molecule has 0 atom stereocenters. The van der Waals surface area contributed by atoms with Crippen molar-refractivity contribution in [1.29, 1.82) is 0 Å². The van der Waals surface area contributed by atoms with Gasteiger partial charge in [-0.1, -0.05) is 12.1 Å². The third kappa shape index (κ3) is 2.80. The monoisotopic (exact) mass is 237 g/mol. The van der Waals surface area contributed by atoms with Gasteiger partial charge in [0.2, 0.25) is 0 Å². The van der Waals surface area contributed by atoms with Crippen molar-refractivity contribution in [3.63, 3.8) is 0 Å². The van der Waals surface area contributed by atoms with Gasteiger partial charge in [0.1, 0.15) is 0 Å². The van der Waals surface area contributed by atoms with Gasteiger partial charge in [0.05, 0.1) is 5.97 Å². The van der Waals surface area contributed by atoms with E-state index in [1.165, 1.54) is 6.07 Å². The van der Waals surface area contributed by atoms with Gasteiger partial charge in [-0.3, -0.25) is 0 Å². The van der Waals surface area contributed by atoms with Gasteiger partial charge in [-0.2, -0.15) is 0 Å². The predicted molar refractivity (Wildman–Crippen MR) is 59.6 cm³/mol. The van der Waals surface area contributed by atoms with E-state index in [2.05, 4.69) is 0 Å². The molecule has 0 aliphatic rings. The average molecular weight is 237 g/mol. The second-order valence-electron chi connectivity index (χ2n) is 3.79. The Kier molecular flexibility index (Phi) is 4.57. The number of carbonyl (C=O) groups is 1. The quantitative estimate of drug-likeness (QED) is 0.594. The number of benzene rings is 1. The Balaban J connectivity index is 0.00000144. The molecule has 82 valence electrons. The molecule has 1 heterocycles. The molecule has 0 spiro atoms. The van der Waals surface area contributed by atoms with Crippen LogP contribution in [0.2, 0.25) is 0 Å². The maximum absolute atomic E-state index is 10.8. The molecule has 17 heavy (non-hydrogen) atoms.